The lowest BCUT2D eigenvalue weighted by atomic mass is 10.1. The number of Topliss-reactive ketones (excluding diaryl/α,β-unsaturated/α-hetero) is 1. The molecule has 0 bridgehead atoms. The number of aliphatic hydroxyl groups is 1. The highest BCUT2D eigenvalue weighted by Gasteiger charge is 2.27. The van der Waals surface area contributed by atoms with Gasteiger partial charge in [0.25, 0.3) is 0 Å². The third kappa shape index (κ3) is 12.6. The van der Waals surface area contributed by atoms with E-state index >= 15 is 0 Å². The standard InChI is InChI=1S/C18H33ClN6O6/c1-10(2)9-31-18(30)25-13(8-26)16(29)23-11(3)15(28)24-12(14(27)7-19)5-4-6-22-17(20)21/h10-13,26H,4-9H2,1-3H3,(H,23,29)(H,24,28)(H,25,30)(H4,20,21,22). The third-order valence-electron chi connectivity index (χ3n) is 3.91. The molecule has 0 rings (SSSR count). The summed E-state index contributed by atoms with van der Waals surface area (Å²) in [5, 5.41) is 26.1. The molecule has 0 fully saturated rings. The Kier molecular flexibility index (Phi) is 14.0. The van der Waals surface area contributed by atoms with Crippen molar-refractivity contribution >= 4 is 41.3 Å². The van der Waals surface area contributed by atoms with Gasteiger partial charge in [-0.2, -0.15) is 0 Å². The number of hydrogen-bond acceptors (Lipinski definition) is 7. The van der Waals surface area contributed by atoms with Crippen molar-refractivity contribution in [1.82, 2.24) is 21.3 Å². The molecule has 0 aliphatic rings. The predicted octanol–water partition coefficient (Wildman–Crippen LogP) is -1.21. The number of alkyl carbamates (subject to hydrolysis) is 1. The fourth-order valence-corrected chi connectivity index (χ4v) is 2.42. The number of carbonyl (C=O) groups is 4. The molecule has 8 N–H and O–H groups in total. The molecule has 0 aromatic rings. The average molecular weight is 465 g/mol. The molecule has 3 atom stereocenters. The summed E-state index contributed by atoms with van der Waals surface area (Å²) in [6, 6.07) is -3.25. The van der Waals surface area contributed by atoms with Gasteiger partial charge in [0.1, 0.15) is 12.1 Å². The van der Waals surface area contributed by atoms with Crippen LogP contribution in [0.25, 0.3) is 0 Å². The summed E-state index contributed by atoms with van der Waals surface area (Å²) in [6.07, 6.45) is -0.184. The van der Waals surface area contributed by atoms with Gasteiger partial charge in [-0.15, -0.1) is 11.6 Å². The van der Waals surface area contributed by atoms with Crippen LogP contribution in [0.2, 0.25) is 0 Å². The maximum absolute atomic E-state index is 12.4. The SMILES string of the molecule is CC(C)COC(=O)NC(CO)C(=O)NC(C)C(=O)NC(CCCNC(=N)N)C(=O)CCl. The number of nitrogens with one attached hydrogen (secondary N) is 5. The molecule has 0 saturated heterocycles. The zero-order valence-corrected chi connectivity index (χ0v) is 18.8. The molecule has 0 saturated carbocycles. The van der Waals surface area contributed by atoms with Crippen molar-refractivity contribution in [2.24, 2.45) is 11.7 Å². The Morgan fingerprint density at radius 2 is 1.71 bits per heavy atom. The van der Waals surface area contributed by atoms with E-state index in [1.54, 1.807) is 0 Å². The van der Waals surface area contributed by atoms with Crippen LogP contribution in [0.15, 0.2) is 0 Å². The lowest BCUT2D eigenvalue weighted by Crippen LogP contribution is -2.55. The van der Waals surface area contributed by atoms with Crippen LogP contribution < -0.4 is 27.0 Å². The quantitative estimate of drug-likeness (QED) is 0.0718. The van der Waals surface area contributed by atoms with Crippen molar-refractivity contribution in [1.29, 1.82) is 5.41 Å². The van der Waals surface area contributed by atoms with Crippen molar-refractivity contribution in [2.75, 3.05) is 25.6 Å². The number of rotatable bonds is 14. The van der Waals surface area contributed by atoms with Gasteiger partial charge in [-0.25, -0.2) is 4.79 Å². The lowest BCUT2D eigenvalue weighted by molar-refractivity contribution is -0.131. The molecule has 0 aliphatic carbocycles. The second-order valence-corrected chi connectivity index (χ2v) is 7.51. The Balaban J connectivity index is 4.74. The van der Waals surface area contributed by atoms with Gasteiger partial charge in [-0.1, -0.05) is 13.8 Å². The molecule has 0 aromatic heterocycles. The fourth-order valence-electron chi connectivity index (χ4n) is 2.23. The number of ketones is 1. The second kappa shape index (κ2) is 15.2. The number of carbonyl (C=O) groups excluding carboxylic acids is 4. The first-order valence-corrected chi connectivity index (χ1v) is 10.4. The topological polar surface area (TPSA) is 196 Å². The first-order chi connectivity index (χ1) is 14.5. The van der Waals surface area contributed by atoms with Crippen LogP contribution in [0, 0.1) is 11.3 Å². The zero-order valence-electron chi connectivity index (χ0n) is 18.0. The molecule has 178 valence electrons. The maximum atomic E-state index is 12.4. The van der Waals surface area contributed by atoms with Crippen LogP contribution in [0.1, 0.15) is 33.6 Å². The summed E-state index contributed by atoms with van der Waals surface area (Å²) < 4.78 is 4.89. The van der Waals surface area contributed by atoms with Gasteiger partial charge in [-0.05, 0) is 25.7 Å². The van der Waals surface area contributed by atoms with Gasteiger partial charge in [0.2, 0.25) is 11.8 Å². The summed E-state index contributed by atoms with van der Waals surface area (Å²) in [5.41, 5.74) is 5.18. The molecule has 13 heteroatoms. The van der Waals surface area contributed by atoms with E-state index in [0.717, 1.165) is 0 Å². The van der Waals surface area contributed by atoms with E-state index in [-0.39, 0.29) is 30.8 Å². The number of nitrogens with two attached hydrogens (primary N) is 1. The number of halogens is 1. The predicted molar refractivity (Wildman–Crippen MR) is 115 cm³/mol. The van der Waals surface area contributed by atoms with Crippen LogP contribution in [-0.2, 0) is 19.1 Å². The maximum Gasteiger partial charge on any atom is 0.407 e. The molecule has 0 aromatic carbocycles. The molecule has 0 radical (unpaired) electrons. The molecule has 3 amide bonds. The van der Waals surface area contributed by atoms with Crippen molar-refractivity contribution in [3.8, 4) is 0 Å². The normalized spacial score (nSPS) is 13.5. The van der Waals surface area contributed by atoms with E-state index in [1.165, 1.54) is 6.92 Å². The van der Waals surface area contributed by atoms with Crippen molar-refractivity contribution in [3.05, 3.63) is 0 Å². The van der Waals surface area contributed by atoms with Crippen molar-refractivity contribution in [2.45, 2.75) is 51.7 Å². The molecule has 3 unspecified atom stereocenters. The van der Waals surface area contributed by atoms with E-state index in [2.05, 4.69) is 21.3 Å². The Hall–Kier alpha value is -2.60. The smallest absolute Gasteiger partial charge is 0.407 e. The number of aliphatic hydroxyl groups excluding tert-OH is 1. The van der Waals surface area contributed by atoms with Crippen LogP contribution in [0.4, 0.5) is 4.79 Å². The highest BCUT2D eigenvalue weighted by molar-refractivity contribution is 6.28. The molecule has 31 heavy (non-hydrogen) atoms. The van der Waals surface area contributed by atoms with E-state index in [9.17, 15) is 24.3 Å². The Morgan fingerprint density at radius 3 is 2.23 bits per heavy atom. The van der Waals surface area contributed by atoms with Gasteiger partial charge in [0, 0.05) is 6.54 Å². The summed E-state index contributed by atoms with van der Waals surface area (Å²) in [4.78, 5) is 48.3. The average Bonchev–Trinajstić information content (AvgIpc) is 2.71. The molecule has 0 aliphatic heterocycles. The fraction of sp³-hybridized carbons (Fsp3) is 0.722. The molecular weight excluding hydrogens is 432 g/mol. The number of alkyl halides is 1. The van der Waals surface area contributed by atoms with Crippen LogP contribution in [0.5, 0.6) is 0 Å². The Morgan fingerprint density at radius 1 is 1.06 bits per heavy atom. The van der Waals surface area contributed by atoms with Crippen molar-refractivity contribution in [3.63, 3.8) is 0 Å². The molecule has 0 spiro atoms. The number of guanidine groups is 1. The van der Waals surface area contributed by atoms with Gasteiger partial charge in [-0.3, -0.25) is 19.8 Å². The first-order valence-electron chi connectivity index (χ1n) is 9.83. The summed E-state index contributed by atoms with van der Waals surface area (Å²) >= 11 is 5.59. The molecule has 0 heterocycles. The number of ether oxygens (including phenoxy) is 1. The second-order valence-electron chi connectivity index (χ2n) is 7.25. The highest BCUT2D eigenvalue weighted by Crippen LogP contribution is 2.02. The van der Waals surface area contributed by atoms with E-state index in [4.69, 9.17) is 27.5 Å². The van der Waals surface area contributed by atoms with Crippen LogP contribution in [-0.4, -0.2) is 78.5 Å². The Bertz CT molecular complexity index is 633. The van der Waals surface area contributed by atoms with Crippen molar-refractivity contribution < 1.29 is 29.0 Å². The largest absolute Gasteiger partial charge is 0.449 e. The van der Waals surface area contributed by atoms with Gasteiger partial charge < -0.3 is 36.8 Å². The summed E-state index contributed by atoms with van der Waals surface area (Å²) in [6.45, 7) is 4.84. The Labute approximate surface area is 186 Å². The molecular formula is C18H33ClN6O6. The minimum atomic E-state index is -1.31. The minimum Gasteiger partial charge on any atom is -0.449 e. The summed E-state index contributed by atoms with van der Waals surface area (Å²) in [5.74, 6) is -2.26. The lowest BCUT2D eigenvalue weighted by Gasteiger charge is -2.22. The highest BCUT2D eigenvalue weighted by atomic mass is 35.5. The van der Waals surface area contributed by atoms with Crippen LogP contribution >= 0.6 is 11.6 Å². The summed E-state index contributed by atoms with van der Waals surface area (Å²) in [7, 11) is 0. The first kappa shape index (κ1) is 28.4. The zero-order chi connectivity index (χ0) is 24.0. The van der Waals surface area contributed by atoms with Gasteiger partial charge in [0.15, 0.2) is 11.7 Å². The van der Waals surface area contributed by atoms with Gasteiger partial charge in [0.05, 0.1) is 25.1 Å². The van der Waals surface area contributed by atoms with E-state index in [1.807, 2.05) is 13.8 Å². The number of hydrogen-bond donors (Lipinski definition) is 7. The third-order valence-corrected chi connectivity index (χ3v) is 4.18. The van der Waals surface area contributed by atoms with E-state index in [0.29, 0.717) is 13.0 Å². The van der Waals surface area contributed by atoms with E-state index < -0.39 is 48.4 Å². The monoisotopic (exact) mass is 464 g/mol. The number of amides is 3. The van der Waals surface area contributed by atoms with Crippen LogP contribution in [0.3, 0.4) is 0 Å². The minimum absolute atomic E-state index is 0.0951. The molecule has 12 nitrogen and oxygen atoms in total. The van der Waals surface area contributed by atoms with Gasteiger partial charge >= 0.3 is 6.09 Å².